The van der Waals surface area contributed by atoms with Gasteiger partial charge in [-0.1, -0.05) is 26.7 Å². The molecule has 1 aliphatic carbocycles. The third-order valence-electron chi connectivity index (χ3n) is 3.72. The van der Waals surface area contributed by atoms with Gasteiger partial charge in [0.1, 0.15) is 0 Å². The Balaban J connectivity index is 2.23. The average molecular weight is 265 g/mol. The van der Waals surface area contributed by atoms with Crippen molar-refractivity contribution in [2.24, 2.45) is 5.92 Å². The first kappa shape index (κ1) is 14.1. The summed E-state index contributed by atoms with van der Waals surface area (Å²) in [7, 11) is 0. The molecule has 1 aromatic heterocycles. The van der Waals surface area contributed by atoms with Crippen LogP contribution in [0, 0.1) is 5.92 Å². The maximum Gasteiger partial charge on any atom is 0.293 e. The number of aliphatic hydroxyl groups is 1. The van der Waals surface area contributed by atoms with E-state index in [1.807, 2.05) is 0 Å². The largest absolute Gasteiger partial charge is 0.394 e. The topological polar surface area (TPSA) is 67.2 Å². The summed E-state index contributed by atoms with van der Waals surface area (Å²) in [6.45, 7) is 4.88. The molecule has 1 aromatic rings. The Hall–Kier alpha value is -1.36. The zero-order valence-corrected chi connectivity index (χ0v) is 11.7. The second-order valence-corrected chi connectivity index (χ2v) is 5.90. The highest BCUT2D eigenvalue weighted by molar-refractivity contribution is 5.35. The van der Waals surface area contributed by atoms with E-state index in [1.54, 1.807) is 17.0 Å². The van der Waals surface area contributed by atoms with Gasteiger partial charge in [-0.2, -0.15) is 0 Å². The molecule has 2 N–H and O–H groups in total. The van der Waals surface area contributed by atoms with E-state index in [0.717, 1.165) is 25.7 Å². The van der Waals surface area contributed by atoms with Gasteiger partial charge in [0.25, 0.3) is 5.56 Å². The van der Waals surface area contributed by atoms with Crippen molar-refractivity contribution in [3.8, 4) is 0 Å². The highest BCUT2D eigenvalue weighted by Gasteiger charge is 2.34. The minimum Gasteiger partial charge on any atom is -0.394 e. The highest BCUT2D eigenvalue weighted by atomic mass is 16.3. The fourth-order valence-corrected chi connectivity index (χ4v) is 2.70. The SMILES string of the molecule is CC(C)Cn1ccnc(NC2(CO)CCCC2)c1=O. The second-order valence-electron chi connectivity index (χ2n) is 5.90. The lowest BCUT2D eigenvalue weighted by molar-refractivity contribution is 0.213. The average Bonchev–Trinajstić information content (AvgIpc) is 2.83. The summed E-state index contributed by atoms with van der Waals surface area (Å²) in [5.74, 6) is 0.769. The van der Waals surface area contributed by atoms with Crippen LogP contribution in [0.2, 0.25) is 0 Å². The number of nitrogens with one attached hydrogen (secondary N) is 1. The Morgan fingerprint density at radius 3 is 2.74 bits per heavy atom. The van der Waals surface area contributed by atoms with Gasteiger partial charge in [-0.3, -0.25) is 4.79 Å². The zero-order valence-electron chi connectivity index (χ0n) is 11.7. The van der Waals surface area contributed by atoms with Gasteiger partial charge in [0.05, 0.1) is 12.1 Å². The second kappa shape index (κ2) is 5.74. The molecule has 0 unspecified atom stereocenters. The molecular weight excluding hydrogens is 242 g/mol. The maximum absolute atomic E-state index is 12.3. The number of nitrogens with zero attached hydrogens (tertiary/aromatic N) is 2. The van der Waals surface area contributed by atoms with Gasteiger partial charge >= 0.3 is 0 Å². The molecule has 0 radical (unpaired) electrons. The summed E-state index contributed by atoms with van der Waals surface area (Å²) in [5, 5.41) is 12.8. The van der Waals surface area contributed by atoms with Crippen molar-refractivity contribution in [3.05, 3.63) is 22.7 Å². The fraction of sp³-hybridized carbons (Fsp3) is 0.714. The molecule has 0 amide bonds. The summed E-state index contributed by atoms with van der Waals surface area (Å²) >= 11 is 0. The Kier molecular flexibility index (Phi) is 4.24. The molecule has 0 atom stereocenters. The smallest absolute Gasteiger partial charge is 0.293 e. The van der Waals surface area contributed by atoms with Crippen LogP contribution in [0.3, 0.4) is 0 Å². The van der Waals surface area contributed by atoms with Crippen LogP contribution < -0.4 is 10.9 Å². The molecule has 1 aliphatic rings. The van der Waals surface area contributed by atoms with E-state index in [-0.39, 0.29) is 17.7 Å². The number of anilines is 1. The summed E-state index contributed by atoms with van der Waals surface area (Å²) in [4.78, 5) is 16.5. The summed E-state index contributed by atoms with van der Waals surface area (Å²) in [5.41, 5.74) is -0.459. The van der Waals surface area contributed by atoms with Gasteiger partial charge in [-0.15, -0.1) is 0 Å². The number of aliphatic hydroxyl groups excluding tert-OH is 1. The molecule has 19 heavy (non-hydrogen) atoms. The fourth-order valence-electron chi connectivity index (χ4n) is 2.70. The van der Waals surface area contributed by atoms with E-state index >= 15 is 0 Å². The predicted octanol–water partition coefficient (Wildman–Crippen LogP) is 1.62. The zero-order chi connectivity index (χ0) is 13.9. The molecule has 106 valence electrons. The van der Waals surface area contributed by atoms with Crippen molar-refractivity contribution in [1.82, 2.24) is 9.55 Å². The number of rotatable bonds is 5. The minimum absolute atomic E-state index is 0.0488. The van der Waals surface area contributed by atoms with Crippen molar-refractivity contribution in [3.63, 3.8) is 0 Å². The van der Waals surface area contributed by atoms with Gasteiger partial charge in [-0.05, 0) is 18.8 Å². The molecule has 0 bridgehead atoms. The Morgan fingerprint density at radius 1 is 1.47 bits per heavy atom. The number of hydrogen-bond donors (Lipinski definition) is 2. The van der Waals surface area contributed by atoms with E-state index in [1.165, 1.54) is 0 Å². The van der Waals surface area contributed by atoms with E-state index in [4.69, 9.17) is 0 Å². The molecule has 0 saturated heterocycles. The first-order valence-electron chi connectivity index (χ1n) is 7.01. The van der Waals surface area contributed by atoms with Gasteiger partial charge < -0.3 is 15.0 Å². The van der Waals surface area contributed by atoms with Gasteiger partial charge in [0, 0.05) is 18.9 Å². The van der Waals surface area contributed by atoms with Crippen LogP contribution in [-0.4, -0.2) is 26.8 Å². The van der Waals surface area contributed by atoms with Crippen molar-refractivity contribution in [1.29, 1.82) is 0 Å². The standard InChI is InChI=1S/C14H23N3O2/c1-11(2)9-17-8-7-15-12(13(17)19)16-14(10-18)5-3-4-6-14/h7-8,11,18H,3-6,9-10H2,1-2H3,(H,15,16). The Bertz CT molecular complexity index is 476. The van der Waals surface area contributed by atoms with Crippen molar-refractivity contribution < 1.29 is 5.11 Å². The molecule has 2 rings (SSSR count). The van der Waals surface area contributed by atoms with Crippen molar-refractivity contribution in [2.75, 3.05) is 11.9 Å². The Morgan fingerprint density at radius 2 is 2.16 bits per heavy atom. The van der Waals surface area contributed by atoms with E-state index in [9.17, 15) is 9.90 Å². The maximum atomic E-state index is 12.3. The Labute approximate surface area is 113 Å². The van der Waals surface area contributed by atoms with Crippen LogP contribution >= 0.6 is 0 Å². The molecule has 0 spiro atoms. The molecule has 1 fully saturated rings. The van der Waals surface area contributed by atoms with Crippen molar-refractivity contribution in [2.45, 2.75) is 51.6 Å². The van der Waals surface area contributed by atoms with E-state index in [0.29, 0.717) is 18.3 Å². The van der Waals surface area contributed by atoms with Crippen molar-refractivity contribution >= 4 is 5.82 Å². The first-order chi connectivity index (χ1) is 9.06. The monoisotopic (exact) mass is 265 g/mol. The normalized spacial score (nSPS) is 17.9. The molecule has 0 aliphatic heterocycles. The van der Waals surface area contributed by atoms with Gasteiger partial charge in [0.15, 0.2) is 5.82 Å². The summed E-state index contributed by atoms with van der Waals surface area (Å²) < 4.78 is 1.68. The van der Waals surface area contributed by atoms with Crippen LogP contribution in [0.25, 0.3) is 0 Å². The lowest BCUT2D eigenvalue weighted by atomic mass is 9.99. The van der Waals surface area contributed by atoms with Crippen LogP contribution in [0.1, 0.15) is 39.5 Å². The molecule has 1 heterocycles. The quantitative estimate of drug-likeness (QED) is 0.849. The number of aromatic nitrogens is 2. The van der Waals surface area contributed by atoms with E-state index in [2.05, 4.69) is 24.1 Å². The lowest BCUT2D eigenvalue weighted by Crippen LogP contribution is -2.42. The van der Waals surface area contributed by atoms with E-state index < -0.39 is 0 Å². The lowest BCUT2D eigenvalue weighted by Gasteiger charge is -2.28. The molecule has 5 nitrogen and oxygen atoms in total. The molecule has 0 aromatic carbocycles. The number of hydrogen-bond acceptors (Lipinski definition) is 4. The minimum atomic E-state index is -0.358. The summed E-state index contributed by atoms with van der Waals surface area (Å²) in [6, 6.07) is 0. The first-order valence-corrected chi connectivity index (χ1v) is 7.01. The highest BCUT2D eigenvalue weighted by Crippen LogP contribution is 2.31. The molecular formula is C14H23N3O2. The predicted molar refractivity (Wildman–Crippen MR) is 75.2 cm³/mol. The van der Waals surface area contributed by atoms with Crippen LogP contribution in [0.5, 0.6) is 0 Å². The third-order valence-corrected chi connectivity index (χ3v) is 3.72. The van der Waals surface area contributed by atoms with Crippen LogP contribution in [0.4, 0.5) is 5.82 Å². The van der Waals surface area contributed by atoms with Crippen LogP contribution in [0.15, 0.2) is 17.2 Å². The van der Waals surface area contributed by atoms with Gasteiger partial charge in [-0.25, -0.2) is 4.98 Å². The van der Waals surface area contributed by atoms with Crippen LogP contribution in [-0.2, 0) is 6.54 Å². The molecule has 1 saturated carbocycles. The van der Waals surface area contributed by atoms with Gasteiger partial charge in [0.2, 0.25) is 0 Å². The summed E-state index contributed by atoms with van der Waals surface area (Å²) in [6.07, 6.45) is 7.31. The molecule has 5 heteroatoms. The third kappa shape index (κ3) is 3.15.